The number of rotatable bonds is 4. The zero-order valence-electron chi connectivity index (χ0n) is 16.2. The molecule has 9 heteroatoms. The third-order valence-corrected chi connectivity index (χ3v) is 6.86. The summed E-state index contributed by atoms with van der Waals surface area (Å²) >= 11 is 1.28. The van der Waals surface area contributed by atoms with Gasteiger partial charge in [0.2, 0.25) is 0 Å². The highest BCUT2D eigenvalue weighted by molar-refractivity contribution is 7.20. The van der Waals surface area contributed by atoms with Gasteiger partial charge in [-0.25, -0.2) is 4.98 Å². The molecule has 0 saturated carbocycles. The SMILES string of the molecule is CC(=O)c1sc2nc(C[NH+]3CCN(C(=O)[C@@H]4CCCO4)CC3)[nH]c(=O)c2c1C. The number of nitrogens with one attached hydrogen (secondary N) is 2. The number of carbonyl (C=O) groups excluding carboxylic acids is 2. The quantitative estimate of drug-likeness (QED) is 0.693. The number of fused-ring (bicyclic) bond motifs is 1. The van der Waals surface area contributed by atoms with Gasteiger partial charge in [-0.15, -0.1) is 11.3 Å². The number of H-pyrrole nitrogens is 1. The fraction of sp³-hybridized carbons (Fsp3) is 0.579. The smallest absolute Gasteiger partial charge is 0.260 e. The highest BCUT2D eigenvalue weighted by Crippen LogP contribution is 2.27. The topological polar surface area (TPSA) is 96.8 Å². The lowest BCUT2D eigenvalue weighted by Gasteiger charge is -2.33. The Hall–Kier alpha value is -2.10. The van der Waals surface area contributed by atoms with Crippen LogP contribution >= 0.6 is 11.3 Å². The molecule has 2 aromatic heterocycles. The summed E-state index contributed by atoms with van der Waals surface area (Å²) in [5.74, 6) is 0.692. The maximum atomic E-state index is 12.5. The molecule has 0 aliphatic carbocycles. The molecule has 150 valence electrons. The normalized spacial score (nSPS) is 20.8. The molecule has 2 saturated heterocycles. The van der Waals surface area contributed by atoms with Crippen molar-refractivity contribution in [3.05, 3.63) is 26.6 Å². The van der Waals surface area contributed by atoms with Crippen LogP contribution in [0.15, 0.2) is 4.79 Å². The van der Waals surface area contributed by atoms with Gasteiger partial charge in [-0.2, -0.15) is 0 Å². The van der Waals surface area contributed by atoms with E-state index in [0.29, 0.717) is 52.7 Å². The minimum atomic E-state index is -0.264. The van der Waals surface area contributed by atoms with Gasteiger partial charge in [0.1, 0.15) is 17.5 Å². The van der Waals surface area contributed by atoms with Crippen LogP contribution in [0.2, 0.25) is 0 Å². The zero-order chi connectivity index (χ0) is 19.8. The second kappa shape index (κ2) is 7.73. The molecule has 28 heavy (non-hydrogen) atoms. The van der Waals surface area contributed by atoms with Gasteiger partial charge >= 0.3 is 0 Å². The fourth-order valence-corrected chi connectivity index (χ4v) is 5.14. The lowest BCUT2D eigenvalue weighted by atomic mass is 10.2. The van der Waals surface area contributed by atoms with Gasteiger partial charge in [-0.1, -0.05) is 0 Å². The minimum Gasteiger partial charge on any atom is -0.368 e. The van der Waals surface area contributed by atoms with Crippen LogP contribution in [0.3, 0.4) is 0 Å². The van der Waals surface area contributed by atoms with E-state index in [-0.39, 0.29) is 23.4 Å². The summed E-state index contributed by atoms with van der Waals surface area (Å²) in [5.41, 5.74) is 0.522. The van der Waals surface area contributed by atoms with E-state index >= 15 is 0 Å². The highest BCUT2D eigenvalue weighted by Gasteiger charge is 2.31. The van der Waals surface area contributed by atoms with Crippen molar-refractivity contribution in [2.24, 2.45) is 0 Å². The predicted molar refractivity (Wildman–Crippen MR) is 105 cm³/mol. The number of ketones is 1. The van der Waals surface area contributed by atoms with E-state index in [2.05, 4.69) is 9.97 Å². The Morgan fingerprint density at radius 1 is 1.36 bits per heavy atom. The summed E-state index contributed by atoms with van der Waals surface area (Å²) in [6.07, 6.45) is 1.51. The molecule has 2 aromatic rings. The van der Waals surface area contributed by atoms with Crippen LogP contribution in [0.1, 0.15) is 40.8 Å². The number of piperazine rings is 1. The van der Waals surface area contributed by atoms with Crippen LogP contribution < -0.4 is 10.5 Å². The first-order chi connectivity index (χ1) is 13.4. The van der Waals surface area contributed by atoms with E-state index in [1.165, 1.54) is 23.2 Å². The van der Waals surface area contributed by atoms with Gasteiger partial charge in [-0.3, -0.25) is 14.4 Å². The predicted octanol–water partition coefficient (Wildman–Crippen LogP) is -0.0983. The number of nitrogens with zero attached hydrogens (tertiary/aromatic N) is 2. The number of aromatic nitrogens is 2. The molecule has 0 unspecified atom stereocenters. The third kappa shape index (κ3) is 3.61. The van der Waals surface area contributed by atoms with Crippen LogP contribution in [0.4, 0.5) is 0 Å². The van der Waals surface area contributed by atoms with Gasteiger partial charge in [0.05, 0.1) is 36.4 Å². The average molecular weight is 406 g/mol. The number of amides is 1. The van der Waals surface area contributed by atoms with Crippen LogP contribution in [0.5, 0.6) is 0 Å². The number of ether oxygens (including phenoxy) is 1. The highest BCUT2D eigenvalue weighted by atomic mass is 32.1. The van der Waals surface area contributed by atoms with Crippen molar-refractivity contribution in [1.29, 1.82) is 0 Å². The second-order valence-electron chi connectivity index (χ2n) is 7.56. The van der Waals surface area contributed by atoms with Crippen molar-refractivity contribution < 1.29 is 19.2 Å². The van der Waals surface area contributed by atoms with E-state index in [9.17, 15) is 14.4 Å². The van der Waals surface area contributed by atoms with Crippen molar-refractivity contribution in [2.75, 3.05) is 32.8 Å². The molecule has 2 fully saturated rings. The van der Waals surface area contributed by atoms with Crippen molar-refractivity contribution in [1.82, 2.24) is 14.9 Å². The number of Topliss-reactive ketones (excluding diaryl/α,β-unsaturated/α-hetero) is 1. The lowest BCUT2D eigenvalue weighted by molar-refractivity contribution is -0.918. The van der Waals surface area contributed by atoms with Gasteiger partial charge in [-0.05, 0) is 32.3 Å². The molecule has 2 aliphatic rings. The largest absolute Gasteiger partial charge is 0.368 e. The first kappa shape index (κ1) is 19.2. The average Bonchev–Trinajstić information content (AvgIpc) is 3.30. The van der Waals surface area contributed by atoms with Crippen molar-refractivity contribution in [2.45, 2.75) is 39.3 Å². The summed E-state index contributed by atoms with van der Waals surface area (Å²) in [7, 11) is 0. The molecule has 4 rings (SSSR count). The Balaban J connectivity index is 1.44. The summed E-state index contributed by atoms with van der Waals surface area (Å²) < 4.78 is 5.50. The van der Waals surface area contributed by atoms with Gasteiger partial charge in [0.15, 0.2) is 11.6 Å². The molecular formula is C19H25N4O4S+. The lowest BCUT2D eigenvalue weighted by Crippen LogP contribution is -3.13. The number of hydrogen-bond donors (Lipinski definition) is 2. The van der Waals surface area contributed by atoms with Crippen LogP contribution in [-0.4, -0.2) is 65.4 Å². The van der Waals surface area contributed by atoms with Crippen LogP contribution in [0, 0.1) is 6.92 Å². The molecular weight excluding hydrogens is 380 g/mol. The Morgan fingerprint density at radius 2 is 2.11 bits per heavy atom. The van der Waals surface area contributed by atoms with Gasteiger partial charge < -0.3 is 19.5 Å². The number of carbonyl (C=O) groups is 2. The number of thiophene rings is 1. The molecule has 4 heterocycles. The number of aryl methyl sites for hydroxylation is 1. The molecule has 8 nitrogen and oxygen atoms in total. The van der Waals surface area contributed by atoms with Crippen LogP contribution in [-0.2, 0) is 16.1 Å². The standard InChI is InChI=1S/C19H24N4O4S/c1-11-15-17(25)20-14(21-18(15)28-16(11)12(2)24)10-22-5-7-23(8-6-22)19(26)13-4-3-9-27-13/h13H,3-10H2,1-2H3,(H,20,21,25)/p+1/t13-/m0/s1. The maximum absolute atomic E-state index is 12.5. The fourth-order valence-electron chi connectivity index (χ4n) is 4.04. The van der Waals surface area contributed by atoms with E-state index < -0.39 is 0 Å². The zero-order valence-corrected chi connectivity index (χ0v) is 17.0. The van der Waals surface area contributed by atoms with Gasteiger partial charge in [0.25, 0.3) is 11.5 Å². The molecule has 0 spiro atoms. The number of quaternary nitrogens is 1. The van der Waals surface area contributed by atoms with Gasteiger partial charge in [0, 0.05) is 6.61 Å². The maximum Gasteiger partial charge on any atom is 0.260 e. The van der Waals surface area contributed by atoms with E-state index in [0.717, 1.165) is 25.9 Å². The Bertz CT molecular complexity index is 968. The van der Waals surface area contributed by atoms with E-state index in [1.807, 2.05) is 4.90 Å². The number of aromatic amines is 1. The Morgan fingerprint density at radius 3 is 2.75 bits per heavy atom. The monoisotopic (exact) mass is 405 g/mol. The molecule has 0 aromatic carbocycles. The molecule has 0 radical (unpaired) electrons. The summed E-state index contributed by atoms with van der Waals surface area (Å²) in [5, 5.41) is 0.515. The van der Waals surface area contributed by atoms with Crippen molar-refractivity contribution in [3.63, 3.8) is 0 Å². The molecule has 2 aliphatic heterocycles. The van der Waals surface area contributed by atoms with E-state index in [1.54, 1.807) is 6.92 Å². The van der Waals surface area contributed by atoms with E-state index in [4.69, 9.17) is 4.74 Å². The summed E-state index contributed by atoms with van der Waals surface area (Å²) in [4.78, 5) is 48.6. The minimum absolute atomic E-state index is 0.0425. The third-order valence-electron chi connectivity index (χ3n) is 5.57. The first-order valence-corrected chi connectivity index (χ1v) is 10.5. The Labute approximate surface area is 166 Å². The molecule has 2 N–H and O–H groups in total. The number of hydrogen-bond acceptors (Lipinski definition) is 6. The van der Waals surface area contributed by atoms with Crippen molar-refractivity contribution >= 4 is 33.2 Å². The molecule has 0 bridgehead atoms. The van der Waals surface area contributed by atoms with Crippen LogP contribution in [0.25, 0.3) is 10.2 Å². The summed E-state index contributed by atoms with van der Waals surface area (Å²) in [6, 6.07) is 0. The Kier molecular flexibility index (Phi) is 5.31. The second-order valence-corrected chi connectivity index (χ2v) is 8.56. The van der Waals surface area contributed by atoms with Crippen molar-refractivity contribution in [3.8, 4) is 0 Å². The molecule has 1 amide bonds. The summed E-state index contributed by atoms with van der Waals surface area (Å²) in [6.45, 7) is 7.57. The first-order valence-electron chi connectivity index (χ1n) is 9.71. The molecule has 1 atom stereocenters.